The predicted octanol–water partition coefficient (Wildman–Crippen LogP) is 4.52. The van der Waals surface area contributed by atoms with Gasteiger partial charge in [0.05, 0.1) is 0 Å². The summed E-state index contributed by atoms with van der Waals surface area (Å²) in [6.45, 7) is 1.18. The van der Waals surface area contributed by atoms with E-state index < -0.39 is 0 Å². The summed E-state index contributed by atoms with van der Waals surface area (Å²) in [4.78, 5) is 3.26. The van der Waals surface area contributed by atoms with Crippen LogP contribution < -0.4 is 5.32 Å². The number of benzene rings is 2. The molecular formula is C20H22N2. The highest BCUT2D eigenvalue weighted by atomic mass is 14.9. The van der Waals surface area contributed by atoms with Crippen molar-refractivity contribution in [2.24, 2.45) is 0 Å². The molecular weight excluding hydrogens is 268 g/mol. The largest absolute Gasteiger partial charge is 0.361 e. The Hall–Kier alpha value is -2.06. The molecule has 3 aromatic rings. The van der Waals surface area contributed by atoms with E-state index in [9.17, 15) is 0 Å². The monoisotopic (exact) mass is 290 g/mol. The molecule has 1 aliphatic heterocycles. The zero-order valence-electron chi connectivity index (χ0n) is 12.8. The molecule has 0 bridgehead atoms. The number of piperidine rings is 1. The number of hydrogen-bond donors (Lipinski definition) is 2. The first kappa shape index (κ1) is 13.6. The normalized spacial score (nSPS) is 18.6. The third-order valence-electron chi connectivity index (χ3n) is 4.71. The van der Waals surface area contributed by atoms with Gasteiger partial charge in [-0.05, 0) is 66.1 Å². The summed E-state index contributed by atoms with van der Waals surface area (Å²) in [5.41, 5.74) is 5.25. The van der Waals surface area contributed by atoms with E-state index in [1.165, 1.54) is 53.4 Å². The number of rotatable bonds is 3. The summed E-state index contributed by atoms with van der Waals surface area (Å²) < 4.78 is 0. The summed E-state index contributed by atoms with van der Waals surface area (Å²) in [5, 5.41) is 4.92. The first-order valence-electron chi connectivity index (χ1n) is 8.28. The Bertz CT molecular complexity index is 766. The maximum Gasteiger partial charge on any atom is 0.0454 e. The van der Waals surface area contributed by atoms with Gasteiger partial charge in [-0.2, -0.15) is 0 Å². The van der Waals surface area contributed by atoms with E-state index in [1.54, 1.807) is 0 Å². The van der Waals surface area contributed by atoms with Gasteiger partial charge in [0.2, 0.25) is 0 Å². The lowest BCUT2D eigenvalue weighted by Gasteiger charge is -2.23. The van der Waals surface area contributed by atoms with Crippen LogP contribution in [-0.2, 0) is 6.42 Å². The zero-order valence-corrected chi connectivity index (χ0v) is 12.8. The van der Waals surface area contributed by atoms with Crippen LogP contribution in [0.4, 0.5) is 0 Å². The van der Waals surface area contributed by atoms with Crippen LogP contribution in [0.1, 0.15) is 24.8 Å². The Balaban J connectivity index is 1.60. The molecule has 0 spiro atoms. The van der Waals surface area contributed by atoms with Gasteiger partial charge in [0.15, 0.2) is 0 Å². The van der Waals surface area contributed by atoms with Gasteiger partial charge in [0.25, 0.3) is 0 Å². The fraction of sp³-hybridized carbons (Fsp3) is 0.300. The topological polar surface area (TPSA) is 27.8 Å². The van der Waals surface area contributed by atoms with E-state index in [2.05, 4.69) is 58.8 Å². The fourth-order valence-electron chi connectivity index (χ4n) is 3.49. The number of nitrogens with one attached hydrogen (secondary N) is 2. The summed E-state index contributed by atoms with van der Waals surface area (Å²) in [6, 6.07) is 18.4. The number of aromatic amines is 1. The third kappa shape index (κ3) is 2.79. The van der Waals surface area contributed by atoms with Gasteiger partial charge in [0.1, 0.15) is 0 Å². The Morgan fingerprint density at radius 3 is 2.82 bits per heavy atom. The first-order chi connectivity index (χ1) is 10.9. The van der Waals surface area contributed by atoms with Crippen molar-refractivity contribution in [2.75, 3.05) is 6.54 Å². The minimum Gasteiger partial charge on any atom is -0.361 e. The molecule has 2 aromatic carbocycles. The van der Waals surface area contributed by atoms with Crippen LogP contribution in [0, 0.1) is 0 Å². The van der Waals surface area contributed by atoms with Gasteiger partial charge >= 0.3 is 0 Å². The molecule has 0 saturated carbocycles. The molecule has 0 radical (unpaired) electrons. The molecule has 1 saturated heterocycles. The molecule has 0 amide bonds. The molecule has 2 N–H and O–H groups in total. The second-order valence-electron chi connectivity index (χ2n) is 6.33. The molecule has 1 aromatic heterocycles. The van der Waals surface area contributed by atoms with Crippen LogP contribution >= 0.6 is 0 Å². The Morgan fingerprint density at radius 2 is 1.91 bits per heavy atom. The molecule has 112 valence electrons. The van der Waals surface area contributed by atoms with Crippen molar-refractivity contribution < 1.29 is 0 Å². The highest BCUT2D eigenvalue weighted by Crippen LogP contribution is 2.25. The van der Waals surface area contributed by atoms with Crippen LogP contribution in [-0.4, -0.2) is 17.6 Å². The van der Waals surface area contributed by atoms with Crippen LogP contribution in [0.15, 0.2) is 54.7 Å². The maximum atomic E-state index is 3.64. The lowest BCUT2D eigenvalue weighted by Crippen LogP contribution is -2.35. The minimum absolute atomic E-state index is 0.649. The van der Waals surface area contributed by atoms with E-state index in [0.717, 1.165) is 6.42 Å². The van der Waals surface area contributed by atoms with Gasteiger partial charge in [-0.15, -0.1) is 0 Å². The zero-order chi connectivity index (χ0) is 14.8. The molecule has 2 heterocycles. The van der Waals surface area contributed by atoms with Gasteiger partial charge in [-0.3, -0.25) is 0 Å². The lowest BCUT2D eigenvalue weighted by molar-refractivity contribution is 0.399. The molecule has 2 nitrogen and oxygen atoms in total. The van der Waals surface area contributed by atoms with E-state index in [0.29, 0.717) is 6.04 Å². The Kier molecular flexibility index (Phi) is 3.69. The van der Waals surface area contributed by atoms with Crippen molar-refractivity contribution in [3.05, 3.63) is 60.3 Å². The van der Waals surface area contributed by atoms with Crippen LogP contribution in [0.2, 0.25) is 0 Å². The quantitative estimate of drug-likeness (QED) is 0.729. The number of H-pyrrole nitrogens is 1. The summed E-state index contributed by atoms with van der Waals surface area (Å²) in [5.74, 6) is 0. The van der Waals surface area contributed by atoms with Crippen LogP contribution in [0.25, 0.3) is 22.0 Å². The smallest absolute Gasteiger partial charge is 0.0454 e. The molecule has 4 rings (SSSR count). The van der Waals surface area contributed by atoms with E-state index in [-0.39, 0.29) is 0 Å². The second kappa shape index (κ2) is 5.98. The van der Waals surface area contributed by atoms with Crippen molar-refractivity contribution >= 4 is 10.9 Å². The Labute approximate surface area is 131 Å². The molecule has 1 atom stereocenters. The SMILES string of the molecule is c1cc(C[C@@H]2CCCCN2)cc(-c2ccc3[nH]ccc3c2)c1. The van der Waals surface area contributed by atoms with E-state index in [1.807, 2.05) is 6.20 Å². The van der Waals surface area contributed by atoms with Crippen LogP contribution in [0.3, 0.4) is 0 Å². The molecule has 0 aliphatic carbocycles. The van der Waals surface area contributed by atoms with Crippen molar-refractivity contribution in [3.8, 4) is 11.1 Å². The summed E-state index contributed by atoms with van der Waals surface area (Å²) >= 11 is 0. The molecule has 22 heavy (non-hydrogen) atoms. The third-order valence-corrected chi connectivity index (χ3v) is 4.71. The first-order valence-corrected chi connectivity index (χ1v) is 8.28. The minimum atomic E-state index is 0.649. The molecule has 2 heteroatoms. The number of hydrogen-bond acceptors (Lipinski definition) is 1. The molecule has 1 aliphatic rings. The molecule has 0 unspecified atom stereocenters. The van der Waals surface area contributed by atoms with Crippen molar-refractivity contribution in [1.29, 1.82) is 0 Å². The highest BCUT2D eigenvalue weighted by molar-refractivity contribution is 5.85. The van der Waals surface area contributed by atoms with Gasteiger partial charge in [-0.25, -0.2) is 0 Å². The van der Waals surface area contributed by atoms with Gasteiger partial charge < -0.3 is 10.3 Å². The highest BCUT2D eigenvalue weighted by Gasteiger charge is 2.13. The summed E-state index contributed by atoms with van der Waals surface area (Å²) in [7, 11) is 0. The van der Waals surface area contributed by atoms with E-state index >= 15 is 0 Å². The van der Waals surface area contributed by atoms with Gasteiger partial charge in [-0.1, -0.05) is 36.8 Å². The van der Waals surface area contributed by atoms with E-state index in [4.69, 9.17) is 0 Å². The standard InChI is InChI=1S/C20H22N2/c1-2-10-21-19(6-1)13-15-4-3-5-16(12-15)17-7-8-20-18(14-17)9-11-22-20/h3-5,7-9,11-12,14,19,21-22H,1-2,6,10,13H2/t19-/m0/s1. The Morgan fingerprint density at radius 1 is 0.955 bits per heavy atom. The maximum absolute atomic E-state index is 3.64. The summed E-state index contributed by atoms with van der Waals surface area (Å²) in [6.07, 6.45) is 7.13. The van der Waals surface area contributed by atoms with Crippen molar-refractivity contribution in [2.45, 2.75) is 31.7 Å². The fourth-order valence-corrected chi connectivity index (χ4v) is 3.49. The lowest BCUT2D eigenvalue weighted by atomic mass is 9.95. The van der Waals surface area contributed by atoms with Crippen molar-refractivity contribution in [1.82, 2.24) is 10.3 Å². The number of aromatic nitrogens is 1. The molecule has 1 fully saturated rings. The predicted molar refractivity (Wildman–Crippen MR) is 93.1 cm³/mol. The van der Waals surface area contributed by atoms with Crippen LogP contribution in [0.5, 0.6) is 0 Å². The van der Waals surface area contributed by atoms with Crippen molar-refractivity contribution in [3.63, 3.8) is 0 Å². The second-order valence-corrected chi connectivity index (χ2v) is 6.33. The average Bonchev–Trinajstić information content (AvgIpc) is 3.04. The average molecular weight is 290 g/mol. The number of fused-ring (bicyclic) bond motifs is 1. The van der Waals surface area contributed by atoms with Gasteiger partial charge in [0, 0.05) is 17.8 Å².